The molecular formula is C17H19N3. The molecule has 0 spiro atoms. The molecule has 102 valence electrons. The summed E-state index contributed by atoms with van der Waals surface area (Å²) in [5.41, 5.74) is 9.45. The summed E-state index contributed by atoms with van der Waals surface area (Å²) in [5.74, 6) is 1.07. The average molecular weight is 265 g/mol. The summed E-state index contributed by atoms with van der Waals surface area (Å²) in [6.45, 7) is 2.02. The molecular weight excluding hydrogens is 246 g/mol. The number of hydrogen-bond donors (Lipinski definition) is 1. The number of imidazole rings is 1. The zero-order chi connectivity index (χ0) is 13.9. The molecule has 0 aliphatic rings. The Labute approximate surface area is 119 Å². The van der Waals surface area contributed by atoms with Crippen molar-refractivity contribution in [3.05, 3.63) is 71.8 Å². The quantitative estimate of drug-likeness (QED) is 0.788. The minimum Gasteiger partial charge on any atom is -0.328 e. The van der Waals surface area contributed by atoms with Gasteiger partial charge < -0.3 is 10.1 Å². The van der Waals surface area contributed by atoms with E-state index in [4.69, 9.17) is 10.7 Å². The first-order valence-electron chi connectivity index (χ1n) is 6.98. The van der Waals surface area contributed by atoms with Crippen molar-refractivity contribution in [1.29, 1.82) is 0 Å². The van der Waals surface area contributed by atoms with Gasteiger partial charge in [0, 0.05) is 25.1 Å². The van der Waals surface area contributed by atoms with E-state index in [9.17, 15) is 0 Å². The lowest BCUT2D eigenvalue weighted by molar-refractivity contribution is 0.727. The molecule has 0 aliphatic heterocycles. The third kappa shape index (κ3) is 2.58. The Balaban J connectivity index is 2.02. The topological polar surface area (TPSA) is 43.3 Å². The molecule has 1 atom stereocenters. The summed E-state index contributed by atoms with van der Waals surface area (Å²) in [5, 5.41) is 0. The van der Waals surface area contributed by atoms with Gasteiger partial charge >= 0.3 is 0 Å². The predicted molar refractivity (Wildman–Crippen MR) is 81.8 cm³/mol. The van der Waals surface area contributed by atoms with E-state index in [1.807, 2.05) is 25.1 Å². The van der Waals surface area contributed by atoms with Crippen LogP contribution >= 0.6 is 0 Å². The van der Waals surface area contributed by atoms with Gasteiger partial charge in [-0.1, -0.05) is 36.4 Å². The normalized spacial score (nSPS) is 12.7. The summed E-state index contributed by atoms with van der Waals surface area (Å²) in [6, 6.07) is 16.8. The fraction of sp³-hybridized carbons (Fsp3) is 0.235. The lowest BCUT2D eigenvalue weighted by Gasteiger charge is -2.01. The highest BCUT2D eigenvalue weighted by Gasteiger charge is 2.12. The highest BCUT2D eigenvalue weighted by molar-refractivity contribution is 5.53. The molecule has 0 bridgehead atoms. The molecule has 3 rings (SSSR count). The summed E-state index contributed by atoms with van der Waals surface area (Å²) < 4.78 is 2.17. The second-order valence-corrected chi connectivity index (χ2v) is 5.27. The van der Waals surface area contributed by atoms with Crippen LogP contribution in [0.5, 0.6) is 0 Å². The Morgan fingerprint density at radius 3 is 2.60 bits per heavy atom. The second kappa shape index (κ2) is 5.47. The van der Waals surface area contributed by atoms with Crippen molar-refractivity contribution in [2.24, 2.45) is 5.73 Å². The van der Waals surface area contributed by atoms with Crippen LogP contribution in [0.1, 0.15) is 24.0 Å². The van der Waals surface area contributed by atoms with Gasteiger partial charge in [0.2, 0.25) is 0 Å². The van der Waals surface area contributed by atoms with E-state index in [1.54, 1.807) is 0 Å². The summed E-state index contributed by atoms with van der Waals surface area (Å²) in [7, 11) is 0. The van der Waals surface area contributed by atoms with Crippen LogP contribution < -0.4 is 5.73 Å². The van der Waals surface area contributed by atoms with E-state index in [0.717, 1.165) is 29.9 Å². The maximum Gasteiger partial charge on any atom is 0.117 e. The van der Waals surface area contributed by atoms with E-state index < -0.39 is 0 Å². The van der Waals surface area contributed by atoms with Crippen molar-refractivity contribution in [1.82, 2.24) is 9.38 Å². The highest BCUT2D eigenvalue weighted by Crippen LogP contribution is 2.17. The second-order valence-electron chi connectivity index (χ2n) is 5.27. The number of nitrogens with zero attached hydrogens (tertiary/aromatic N) is 2. The van der Waals surface area contributed by atoms with Gasteiger partial charge in [-0.2, -0.15) is 0 Å². The minimum atomic E-state index is 0.124. The van der Waals surface area contributed by atoms with Gasteiger partial charge in [-0.05, 0) is 24.6 Å². The number of aromatic nitrogens is 2. The van der Waals surface area contributed by atoms with Gasteiger partial charge in [0.05, 0.1) is 11.2 Å². The van der Waals surface area contributed by atoms with E-state index in [2.05, 4.69) is 40.9 Å². The van der Waals surface area contributed by atoms with Gasteiger partial charge in [-0.3, -0.25) is 0 Å². The van der Waals surface area contributed by atoms with Crippen LogP contribution in [0.25, 0.3) is 5.52 Å². The van der Waals surface area contributed by atoms with Gasteiger partial charge in [0.25, 0.3) is 0 Å². The lowest BCUT2D eigenvalue weighted by atomic mass is 10.1. The first-order valence-corrected chi connectivity index (χ1v) is 6.98. The molecule has 2 N–H and O–H groups in total. The molecule has 1 aromatic carbocycles. The SMILES string of the molecule is CC(N)Cc1nc(Cc2ccccc2)n2ccccc12. The number of rotatable bonds is 4. The monoisotopic (exact) mass is 265 g/mol. The molecule has 3 heteroatoms. The highest BCUT2D eigenvalue weighted by atomic mass is 15.0. The third-order valence-corrected chi connectivity index (χ3v) is 3.42. The molecule has 0 amide bonds. The van der Waals surface area contributed by atoms with Crippen molar-refractivity contribution in [2.45, 2.75) is 25.8 Å². The summed E-state index contributed by atoms with van der Waals surface area (Å²) in [6.07, 6.45) is 3.72. The maximum absolute atomic E-state index is 5.93. The van der Waals surface area contributed by atoms with Crippen LogP contribution in [0.4, 0.5) is 0 Å². The Morgan fingerprint density at radius 2 is 1.85 bits per heavy atom. The van der Waals surface area contributed by atoms with Gasteiger partial charge in [0.1, 0.15) is 5.82 Å². The largest absolute Gasteiger partial charge is 0.328 e. The molecule has 0 saturated heterocycles. The third-order valence-electron chi connectivity index (χ3n) is 3.42. The average Bonchev–Trinajstić information content (AvgIpc) is 2.78. The van der Waals surface area contributed by atoms with Crippen molar-refractivity contribution in [2.75, 3.05) is 0 Å². The number of fused-ring (bicyclic) bond motifs is 1. The first kappa shape index (κ1) is 12.9. The smallest absolute Gasteiger partial charge is 0.117 e. The van der Waals surface area contributed by atoms with Crippen molar-refractivity contribution in [3.8, 4) is 0 Å². The molecule has 3 nitrogen and oxygen atoms in total. The van der Waals surface area contributed by atoms with E-state index in [-0.39, 0.29) is 6.04 Å². The number of pyridine rings is 1. The van der Waals surface area contributed by atoms with Crippen molar-refractivity contribution in [3.63, 3.8) is 0 Å². The van der Waals surface area contributed by atoms with E-state index in [0.29, 0.717) is 0 Å². The lowest BCUT2D eigenvalue weighted by Crippen LogP contribution is -2.18. The zero-order valence-electron chi connectivity index (χ0n) is 11.7. The van der Waals surface area contributed by atoms with Crippen LogP contribution in [0.15, 0.2) is 54.7 Å². The molecule has 2 aromatic heterocycles. The van der Waals surface area contributed by atoms with Gasteiger partial charge in [-0.25, -0.2) is 4.98 Å². The van der Waals surface area contributed by atoms with Gasteiger partial charge in [-0.15, -0.1) is 0 Å². The fourth-order valence-corrected chi connectivity index (χ4v) is 2.53. The number of nitrogens with two attached hydrogens (primary N) is 1. The zero-order valence-corrected chi connectivity index (χ0v) is 11.7. The molecule has 3 aromatic rings. The summed E-state index contributed by atoms with van der Waals surface area (Å²) in [4.78, 5) is 4.81. The predicted octanol–water partition coefficient (Wildman–Crippen LogP) is 2.81. The van der Waals surface area contributed by atoms with E-state index >= 15 is 0 Å². The van der Waals surface area contributed by atoms with Crippen LogP contribution in [0.3, 0.4) is 0 Å². The minimum absolute atomic E-state index is 0.124. The van der Waals surface area contributed by atoms with Crippen molar-refractivity contribution < 1.29 is 0 Å². The Kier molecular flexibility index (Phi) is 3.52. The van der Waals surface area contributed by atoms with Crippen LogP contribution in [-0.4, -0.2) is 15.4 Å². The van der Waals surface area contributed by atoms with Crippen LogP contribution in [0.2, 0.25) is 0 Å². The summed E-state index contributed by atoms with van der Waals surface area (Å²) >= 11 is 0. The standard InChI is InChI=1S/C17H19N3/c1-13(18)11-15-16-9-5-6-10-20(16)17(19-15)12-14-7-3-2-4-8-14/h2-10,13H,11-12,18H2,1H3. The van der Waals surface area contributed by atoms with Gasteiger partial charge in [0.15, 0.2) is 0 Å². The molecule has 1 unspecified atom stereocenters. The molecule has 0 aliphatic carbocycles. The number of hydrogen-bond acceptors (Lipinski definition) is 2. The molecule has 0 saturated carbocycles. The molecule has 20 heavy (non-hydrogen) atoms. The fourth-order valence-electron chi connectivity index (χ4n) is 2.53. The Morgan fingerprint density at radius 1 is 1.10 bits per heavy atom. The van der Waals surface area contributed by atoms with Crippen LogP contribution in [0, 0.1) is 0 Å². The molecule has 0 fully saturated rings. The Hall–Kier alpha value is -2.13. The first-order chi connectivity index (χ1) is 9.74. The Bertz CT molecular complexity index is 699. The molecule has 0 radical (unpaired) electrons. The van der Waals surface area contributed by atoms with Crippen molar-refractivity contribution >= 4 is 5.52 Å². The van der Waals surface area contributed by atoms with E-state index in [1.165, 1.54) is 5.56 Å². The maximum atomic E-state index is 5.93. The molecule has 2 heterocycles. The van der Waals surface area contributed by atoms with Crippen LogP contribution in [-0.2, 0) is 12.8 Å². The number of benzene rings is 1.